The van der Waals surface area contributed by atoms with Crippen molar-refractivity contribution in [1.82, 2.24) is 14.8 Å². The molecule has 0 spiro atoms. The molecule has 0 radical (unpaired) electrons. The second-order valence-corrected chi connectivity index (χ2v) is 8.77. The Morgan fingerprint density at radius 2 is 1.82 bits per heavy atom. The third-order valence-corrected chi connectivity index (χ3v) is 5.85. The molecule has 1 saturated heterocycles. The fourth-order valence-electron chi connectivity index (χ4n) is 3.83. The first-order valence-corrected chi connectivity index (χ1v) is 11.3. The SMILES string of the molecule is CN(C)CCNc1cc(N2CCN(C(=O)Nc3ccc(F)cc3)CC2)c2ccc(Cl)cc2n1. The number of fused-ring (bicyclic) bond motifs is 1. The molecule has 2 N–H and O–H groups in total. The highest BCUT2D eigenvalue weighted by Crippen LogP contribution is 2.31. The Morgan fingerprint density at radius 3 is 2.52 bits per heavy atom. The van der Waals surface area contributed by atoms with Crippen LogP contribution >= 0.6 is 11.6 Å². The average molecular weight is 471 g/mol. The van der Waals surface area contributed by atoms with Gasteiger partial charge in [-0.1, -0.05) is 11.6 Å². The number of pyridine rings is 1. The average Bonchev–Trinajstić information content (AvgIpc) is 2.79. The van der Waals surface area contributed by atoms with Gasteiger partial charge in [-0.2, -0.15) is 0 Å². The van der Waals surface area contributed by atoms with Crippen LogP contribution in [-0.4, -0.2) is 74.2 Å². The Balaban J connectivity index is 1.47. The lowest BCUT2D eigenvalue weighted by Crippen LogP contribution is -2.50. The molecule has 9 heteroatoms. The number of aromatic nitrogens is 1. The van der Waals surface area contributed by atoms with Crippen LogP contribution in [0.5, 0.6) is 0 Å². The van der Waals surface area contributed by atoms with Crippen LogP contribution in [0.2, 0.25) is 5.02 Å². The van der Waals surface area contributed by atoms with Gasteiger partial charge >= 0.3 is 6.03 Å². The molecule has 2 heterocycles. The van der Waals surface area contributed by atoms with Crippen LogP contribution in [0.25, 0.3) is 10.9 Å². The second-order valence-electron chi connectivity index (χ2n) is 8.33. The van der Waals surface area contributed by atoms with Crippen LogP contribution in [0, 0.1) is 5.82 Å². The van der Waals surface area contributed by atoms with Crippen LogP contribution < -0.4 is 15.5 Å². The molecule has 2 aromatic carbocycles. The van der Waals surface area contributed by atoms with E-state index in [0.29, 0.717) is 36.9 Å². The van der Waals surface area contributed by atoms with E-state index in [1.807, 2.05) is 32.3 Å². The number of benzene rings is 2. The van der Waals surface area contributed by atoms with E-state index in [0.717, 1.165) is 35.5 Å². The highest BCUT2D eigenvalue weighted by Gasteiger charge is 2.23. The van der Waals surface area contributed by atoms with E-state index < -0.39 is 0 Å². The molecule has 1 aromatic heterocycles. The van der Waals surface area contributed by atoms with E-state index in [1.165, 1.54) is 12.1 Å². The van der Waals surface area contributed by atoms with Gasteiger partial charge in [-0.15, -0.1) is 0 Å². The zero-order valence-electron chi connectivity index (χ0n) is 18.8. The molecule has 33 heavy (non-hydrogen) atoms. The van der Waals surface area contributed by atoms with Gasteiger partial charge in [-0.25, -0.2) is 14.2 Å². The number of rotatable bonds is 6. The maximum atomic E-state index is 13.1. The molecule has 4 rings (SSSR count). The van der Waals surface area contributed by atoms with Gasteiger partial charge in [-0.05, 0) is 56.6 Å². The minimum Gasteiger partial charge on any atom is -0.369 e. The maximum absolute atomic E-state index is 13.1. The van der Waals surface area contributed by atoms with Gasteiger partial charge in [-0.3, -0.25) is 0 Å². The Morgan fingerprint density at radius 1 is 1.09 bits per heavy atom. The Hall–Kier alpha value is -3.10. The Bertz CT molecular complexity index is 1120. The first-order valence-electron chi connectivity index (χ1n) is 10.9. The quantitative estimate of drug-likeness (QED) is 0.560. The van der Waals surface area contributed by atoms with E-state index in [4.69, 9.17) is 16.6 Å². The lowest BCUT2D eigenvalue weighted by Gasteiger charge is -2.36. The zero-order chi connectivity index (χ0) is 23.4. The summed E-state index contributed by atoms with van der Waals surface area (Å²) in [4.78, 5) is 23.5. The highest BCUT2D eigenvalue weighted by atomic mass is 35.5. The van der Waals surface area contributed by atoms with Gasteiger partial charge in [0.25, 0.3) is 0 Å². The topological polar surface area (TPSA) is 63.7 Å². The van der Waals surface area contributed by atoms with Gasteiger partial charge in [0.1, 0.15) is 11.6 Å². The maximum Gasteiger partial charge on any atom is 0.321 e. The summed E-state index contributed by atoms with van der Waals surface area (Å²) in [5, 5.41) is 7.91. The molecule has 3 aromatic rings. The van der Waals surface area contributed by atoms with Crippen molar-refractivity contribution in [2.75, 3.05) is 68.9 Å². The van der Waals surface area contributed by atoms with Gasteiger partial charge in [0.05, 0.1) is 5.52 Å². The fraction of sp³-hybridized carbons (Fsp3) is 0.333. The third kappa shape index (κ3) is 5.83. The number of amides is 2. The first-order chi connectivity index (χ1) is 15.9. The van der Waals surface area contributed by atoms with E-state index in [1.54, 1.807) is 17.0 Å². The molecule has 0 atom stereocenters. The predicted molar refractivity (Wildman–Crippen MR) is 133 cm³/mol. The molecule has 1 aliphatic rings. The molecule has 0 aliphatic carbocycles. The van der Waals surface area contributed by atoms with Crippen molar-refractivity contribution in [3.63, 3.8) is 0 Å². The molecule has 1 fully saturated rings. The van der Waals surface area contributed by atoms with Crippen molar-refractivity contribution in [3.05, 3.63) is 59.4 Å². The van der Waals surface area contributed by atoms with E-state index in [-0.39, 0.29) is 11.8 Å². The van der Waals surface area contributed by atoms with Gasteiger partial charge < -0.3 is 25.3 Å². The standard InChI is InChI=1S/C24H28ClFN6O/c1-30(2)10-9-27-23-16-22(20-8-3-17(25)15-21(20)29-23)31-11-13-32(14-12-31)24(33)28-19-6-4-18(26)5-7-19/h3-8,15-16H,9-14H2,1-2H3,(H,27,29)(H,28,33). The first kappa shape index (κ1) is 23.1. The van der Waals surface area contributed by atoms with Crippen molar-refractivity contribution < 1.29 is 9.18 Å². The van der Waals surface area contributed by atoms with Gasteiger partial charge in [0.15, 0.2) is 0 Å². The monoisotopic (exact) mass is 470 g/mol. The van der Waals surface area contributed by atoms with Crippen LogP contribution in [0.3, 0.4) is 0 Å². The number of halogens is 2. The number of piperazine rings is 1. The van der Waals surface area contributed by atoms with Crippen molar-refractivity contribution in [2.45, 2.75) is 0 Å². The highest BCUT2D eigenvalue weighted by molar-refractivity contribution is 6.31. The number of hydrogen-bond acceptors (Lipinski definition) is 5. The van der Waals surface area contributed by atoms with Crippen LogP contribution in [-0.2, 0) is 0 Å². The van der Waals surface area contributed by atoms with Crippen molar-refractivity contribution in [1.29, 1.82) is 0 Å². The molecule has 1 aliphatic heterocycles. The summed E-state index contributed by atoms with van der Waals surface area (Å²) in [5.41, 5.74) is 2.49. The number of urea groups is 1. The number of hydrogen-bond donors (Lipinski definition) is 2. The summed E-state index contributed by atoms with van der Waals surface area (Å²) in [6.07, 6.45) is 0. The van der Waals surface area contributed by atoms with Crippen LogP contribution in [0.15, 0.2) is 48.5 Å². The molecular weight excluding hydrogens is 443 g/mol. The third-order valence-electron chi connectivity index (χ3n) is 5.62. The lowest BCUT2D eigenvalue weighted by atomic mass is 10.1. The minimum absolute atomic E-state index is 0.182. The van der Waals surface area contributed by atoms with Crippen LogP contribution in [0.4, 0.5) is 26.4 Å². The van der Waals surface area contributed by atoms with E-state index in [9.17, 15) is 9.18 Å². The summed E-state index contributed by atoms with van der Waals surface area (Å²) in [6.45, 7) is 4.21. The van der Waals surface area contributed by atoms with Gasteiger partial charge in [0, 0.05) is 67.1 Å². The number of nitrogens with one attached hydrogen (secondary N) is 2. The smallest absolute Gasteiger partial charge is 0.321 e. The van der Waals surface area contributed by atoms with E-state index >= 15 is 0 Å². The minimum atomic E-state index is -0.331. The summed E-state index contributed by atoms with van der Waals surface area (Å²) < 4.78 is 13.1. The molecule has 174 valence electrons. The summed E-state index contributed by atoms with van der Waals surface area (Å²) in [5.74, 6) is 0.473. The van der Waals surface area contributed by atoms with E-state index in [2.05, 4.69) is 26.5 Å². The molecule has 7 nitrogen and oxygen atoms in total. The molecule has 0 unspecified atom stereocenters. The van der Waals surface area contributed by atoms with Crippen molar-refractivity contribution >= 4 is 45.7 Å². The summed E-state index contributed by atoms with van der Waals surface area (Å²) >= 11 is 6.23. The Labute approximate surface area is 198 Å². The molecule has 0 saturated carbocycles. The van der Waals surface area contributed by atoms with Crippen molar-refractivity contribution in [3.8, 4) is 0 Å². The summed E-state index contributed by atoms with van der Waals surface area (Å²) in [7, 11) is 4.07. The fourth-order valence-corrected chi connectivity index (χ4v) is 4.00. The molecule has 2 amide bonds. The largest absolute Gasteiger partial charge is 0.369 e. The van der Waals surface area contributed by atoms with Crippen LogP contribution in [0.1, 0.15) is 0 Å². The predicted octanol–water partition coefficient (Wildman–Crippen LogP) is 4.35. The molecular formula is C24H28ClFN6O. The normalized spacial score (nSPS) is 14.1. The second kappa shape index (κ2) is 10.2. The lowest BCUT2D eigenvalue weighted by molar-refractivity contribution is 0.208. The number of carbonyl (C=O) groups is 1. The molecule has 0 bridgehead atoms. The zero-order valence-corrected chi connectivity index (χ0v) is 19.6. The van der Waals surface area contributed by atoms with Gasteiger partial charge in [0.2, 0.25) is 0 Å². The number of carbonyl (C=O) groups excluding carboxylic acids is 1. The number of anilines is 3. The van der Waals surface area contributed by atoms with Crippen molar-refractivity contribution in [2.24, 2.45) is 0 Å². The summed E-state index contributed by atoms with van der Waals surface area (Å²) in [6, 6.07) is 13.4. The Kier molecular flexibility index (Phi) is 7.15. The number of nitrogens with zero attached hydrogens (tertiary/aromatic N) is 4. The number of likely N-dealkylation sites (N-methyl/N-ethyl adjacent to an activating group) is 1.